The molecule has 0 aliphatic heterocycles. The van der Waals surface area contributed by atoms with E-state index in [9.17, 15) is 0 Å². The van der Waals surface area contributed by atoms with Crippen molar-refractivity contribution < 1.29 is 4.74 Å². The highest BCUT2D eigenvalue weighted by Crippen LogP contribution is 2.30. The molecule has 0 saturated heterocycles. The van der Waals surface area contributed by atoms with E-state index in [0.717, 1.165) is 5.69 Å². The Morgan fingerprint density at radius 3 is 2.53 bits per heavy atom. The van der Waals surface area contributed by atoms with Crippen molar-refractivity contribution in [3.63, 3.8) is 0 Å². The fraction of sp³-hybridized carbons (Fsp3) is 0.0714. The third-order valence-electron chi connectivity index (χ3n) is 2.54. The largest absolute Gasteiger partial charge is 0.497 e. The Hall–Kier alpha value is -1.89. The van der Waals surface area contributed by atoms with Crippen LogP contribution in [0.5, 0.6) is 5.75 Å². The summed E-state index contributed by atoms with van der Waals surface area (Å²) >= 11 is 12.1. The first-order chi connectivity index (χ1) is 9.13. The Morgan fingerprint density at radius 2 is 1.89 bits per heavy atom. The number of hydrogen-bond donors (Lipinski definition) is 1. The Bertz CT molecular complexity index is 650. The molecule has 0 aromatic heterocycles. The van der Waals surface area contributed by atoms with Crippen molar-refractivity contribution in [1.82, 2.24) is 0 Å². The molecule has 0 aliphatic carbocycles. The minimum Gasteiger partial charge on any atom is -0.497 e. The van der Waals surface area contributed by atoms with Gasteiger partial charge in [-0.1, -0.05) is 23.2 Å². The molecule has 0 fully saturated rings. The smallest absolute Gasteiger partial charge is 0.121 e. The van der Waals surface area contributed by atoms with Crippen molar-refractivity contribution in [3.05, 3.63) is 52.0 Å². The van der Waals surface area contributed by atoms with E-state index >= 15 is 0 Å². The molecule has 0 radical (unpaired) electrons. The monoisotopic (exact) mass is 292 g/mol. The van der Waals surface area contributed by atoms with Gasteiger partial charge < -0.3 is 10.1 Å². The summed E-state index contributed by atoms with van der Waals surface area (Å²) in [5.74, 6) is 0.701. The molecule has 96 valence electrons. The van der Waals surface area contributed by atoms with Gasteiger partial charge in [-0.15, -0.1) is 0 Å². The number of nitrogens with one attached hydrogen (secondary N) is 1. The average molecular weight is 293 g/mol. The Balaban J connectivity index is 2.31. The lowest BCUT2D eigenvalue weighted by Gasteiger charge is -2.10. The lowest BCUT2D eigenvalue weighted by atomic mass is 10.2. The maximum Gasteiger partial charge on any atom is 0.121 e. The van der Waals surface area contributed by atoms with Gasteiger partial charge in [0.15, 0.2) is 0 Å². The van der Waals surface area contributed by atoms with Gasteiger partial charge in [0.2, 0.25) is 0 Å². The number of ether oxygens (including phenoxy) is 1. The second-order valence-corrected chi connectivity index (χ2v) is 4.59. The summed E-state index contributed by atoms with van der Waals surface area (Å²) in [6.07, 6.45) is 0. The topological polar surface area (TPSA) is 45.0 Å². The first-order valence-corrected chi connectivity index (χ1v) is 6.20. The van der Waals surface area contributed by atoms with Crippen LogP contribution in [-0.2, 0) is 0 Å². The molecule has 1 N–H and O–H groups in total. The van der Waals surface area contributed by atoms with Crippen LogP contribution in [0.2, 0.25) is 10.0 Å². The van der Waals surface area contributed by atoms with Gasteiger partial charge in [-0.25, -0.2) is 0 Å². The Labute approximate surface area is 121 Å². The second-order valence-electron chi connectivity index (χ2n) is 3.78. The van der Waals surface area contributed by atoms with Crippen LogP contribution in [-0.4, -0.2) is 7.11 Å². The van der Waals surface area contributed by atoms with E-state index in [-0.39, 0.29) is 0 Å². The molecule has 0 bridgehead atoms. The quantitative estimate of drug-likeness (QED) is 0.898. The minimum atomic E-state index is 0.395. The van der Waals surface area contributed by atoms with Crippen LogP contribution in [0.4, 0.5) is 11.4 Å². The van der Waals surface area contributed by atoms with Crippen LogP contribution < -0.4 is 10.1 Å². The van der Waals surface area contributed by atoms with Crippen LogP contribution in [0.1, 0.15) is 5.56 Å². The normalized spacial score (nSPS) is 9.79. The van der Waals surface area contributed by atoms with Gasteiger partial charge >= 0.3 is 0 Å². The minimum absolute atomic E-state index is 0.395. The fourth-order valence-electron chi connectivity index (χ4n) is 1.57. The molecule has 2 rings (SSSR count). The predicted molar refractivity (Wildman–Crippen MR) is 77.5 cm³/mol. The van der Waals surface area contributed by atoms with Crippen LogP contribution in [0.25, 0.3) is 0 Å². The number of halogens is 2. The first-order valence-electron chi connectivity index (χ1n) is 5.44. The fourth-order valence-corrected chi connectivity index (χ4v) is 1.95. The summed E-state index contributed by atoms with van der Waals surface area (Å²) < 4.78 is 5.14. The summed E-state index contributed by atoms with van der Waals surface area (Å²) in [5.41, 5.74) is 1.89. The van der Waals surface area contributed by atoms with Crippen molar-refractivity contribution in [2.75, 3.05) is 12.4 Å². The number of nitriles is 1. The summed E-state index contributed by atoms with van der Waals surface area (Å²) in [7, 11) is 1.59. The predicted octanol–water partition coefficient (Wildman–Crippen LogP) is 4.62. The summed E-state index contributed by atoms with van der Waals surface area (Å²) in [4.78, 5) is 0. The maximum atomic E-state index is 8.82. The second kappa shape index (κ2) is 5.83. The van der Waals surface area contributed by atoms with Crippen LogP contribution in [0.3, 0.4) is 0 Å². The number of hydrogen-bond acceptors (Lipinski definition) is 3. The van der Waals surface area contributed by atoms with Crippen molar-refractivity contribution in [2.45, 2.75) is 0 Å². The molecule has 19 heavy (non-hydrogen) atoms. The lowest BCUT2D eigenvalue weighted by molar-refractivity contribution is 0.415. The molecule has 0 atom stereocenters. The molecule has 5 heteroatoms. The SMILES string of the molecule is COc1ccc(Cl)c(Nc2ccc(C#N)c(Cl)c2)c1. The zero-order valence-electron chi connectivity index (χ0n) is 10.1. The summed E-state index contributed by atoms with van der Waals surface area (Å²) in [6, 6.07) is 12.4. The van der Waals surface area contributed by atoms with Crippen molar-refractivity contribution in [1.29, 1.82) is 5.26 Å². The summed E-state index contributed by atoms with van der Waals surface area (Å²) in [5, 5.41) is 12.9. The zero-order chi connectivity index (χ0) is 13.8. The molecule has 0 amide bonds. The molecule has 2 aromatic rings. The van der Waals surface area contributed by atoms with E-state index < -0.39 is 0 Å². The molecular weight excluding hydrogens is 283 g/mol. The van der Waals surface area contributed by atoms with Crippen LogP contribution in [0.15, 0.2) is 36.4 Å². The third-order valence-corrected chi connectivity index (χ3v) is 3.18. The van der Waals surface area contributed by atoms with E-state index in [1.807, 2.05) is 6.07 Å². The van der Waals surface area contributed by atoms with E-state index in [0.29, 0.717) is 27.0 Å². The Kier molecular flexibility index (Phi) is 4.16. The molecule has 3 nitrogen and oxygen atoms in total. The van der Waals surface area contributed by atoms with Gasteiger partial charge in [0.05, 0.1) is 28.4 Å². The molecule has 0 heterocycles. The van der Waals surface area contributed by atoms with Crippen LogP contribution in [0, 0.1) is 11.3 Å². The average Bonchev–Trinajstić information content (AvgIpc) is 2.41. The van der Waals surface area contributed by atoms with Gasteiger partial charge in [0, 0.05) is 11.8 Å². The molecule has 0 unspecified atom stereocenters. The number of benzene rings is 2. The highest BCUT2D eigenvalue weighted by atomic mass is 35.5. The number of methoxy groups -OCH3 is 1. The molecule has 0 spiro atoms. The van der Waals surface area contributed by atoms with Crippen molar-refractivity contribution >= 4 is 34.6 Å². The van der Waals surface area contributed by atoms with Gasteiger partial charge in [-0.2, -0.15) is 5.26 Å². The van der Waals surface area contributed by atoms with E-state index in [4.69, 9.17) is 33.2 Å². The standard InChI is InChI=1S/C14H10Cl2N2O/c1-19-11-4-5-12(15)14(7-11)18-10-3-2-9(8-17)13(16)6-10/h2-7,18H,1H3. The van der Waals surface area contributed by atoms with E-state index in [1.54, 1.807) is 43.5 Å². The van der Waals surface area contributed by atoms with Gasteiger partial charge in [0.25, 0.3) is 0 Å². The van der Waals surface area contributed by atoms with Crippen molar-refractivity contribution in [2.24, 2.45) is 0 Å². The lowest BCUT2D eigenvalue weighted by Crippen LogP contribution is -1.93. The van der Waals surface area contributed by atoms with Crippen molar-refractivity contribution in [3.8, 4) is 11.8 Å². The van der Waals surface area contributed by atoms with E-state index in [2.05, 4.69) is 5.32 Å². The van der Waals surface area contributed by atoms with Gasteiger partial charge in [-0.3, -0.25) is 0 Å². The number of rotatable bonds is 3. The summed E-state index contributed by atoms with van der Waals surface area (Å²) in [6.45, 7) is 0. The van der Waals surface area contributed by atoms with E-state index in [1.165, 1.54) is 0 Å². The Morgan fingerprint density at radius 1 is 1.11 bits per heavy atom. The van der Waals surface area contributed by atoms with Crippen LogP contribution >= 0.6 is 23.2 Å². The molecule has 0 aliphatic rings. The maximum absolute atomic E-state index is 8.82. The number of anilines is 2. The van der Waals surface area contributed by atoms with Gasteiger partial charge in [-0.05, 0) is 30.3 Å². The molecule has 0 saturated carbocycles. The highest BCUT2D eigenvalue weighted by molar-refractivity contribution is 6.33. The first kappa shape index (κ1) is 13.5. The zero-order valence-corrected chi connectivity index (χ0v) is 11.6. The molecule has 2 aromatic carbocycles. The number of nitrogens with zero attached hydrogens (tertiary/aromatic N) is 1. The van der Waals surface area contributed by atoms with Gasteiger partial charge in [0.1, 0.15) is 11.8 Å². The third kappa shape index (κ3) is 3.11. The molecular formula is C14H10Cl2N2O. The highest BCUT2D eigenvalue weighted by Gasteiger charge is 2.05.